The average Bonchev–Trinajstić information content (AvgIpc) is 3.56. The number of nitrogens with zero attached hydrogens (tertiary/aromatic N) is 1. The number of Topliss-reactive ketones (excluding diaryl/α,β-unsaturated/α-hetero) is 1. The number of hydrogen-bond donors (Lipinski definition) is 5. The van der Waals surface area contributed by atoms with Crippen LogP contribution in [0, 0.1) is 10.1 Å². The van der Waals surface area contributed by atoms with Crippen molar-refractivity contribution in [2.24, 2.45) is 0 Å². The van der Waals surface area contributed by atoms with E-state index in [4.69, 9.17) is 23.7 Å². The number of nitrogens with one attached hydrogen (secondary N) is 1. The second-order valence-electron chi connectivity index (χ2n) is 13.0. The zero-order valence-electron chi connectivity index (χ0n) is 27.6. The van der Waals surface area contributed by atoms with Crippen molar-refractivity contribution in [2.45, 2.75) is 75.9 Å². The summed E-state index contributed by atoms with van der Waals surface area (Å²) in [4.78, 5) is 51.6. The Morgan fingerprint density at radius 2 is 1.80 bits per heavy atom. The SMILES string of the molecule is COc1cccc2c1C(=O)c1c(O)c3c(c(O)c1C2=O)C[C@@](O)(C(C)=O)C[C@@H]3O[C@H]1C[C@H](NCc2cc3c(cc2[N+](=O)[O-])OCO3)[C@H](O)[C@H](C)O1. The van der Waals surface area contributed by atoms with Gasteiger partial charge in [-0.2, -0.15) is 0 Å². The summed E-state index contributed by atoms with van der Waals surface area (Å²) in [6, 6.07) is 6.36. The van der Waals surface area contributed by atoms with Gasteiger partial charge in [0.05, 0.1) is 53.1 Å². The number of aliphatic hydroxyl groups excluding tert-OH is 1. The fourth-order valence-electron chi connectivity index (χ4n) is 7.35. The monoisotopic (exact) mass is 706 g/mol. The number of phenolic OH excluding ortho intramolecular Hbond substituents is 2. The Hall–Kier alpha value is -5.13. The second kappa shape index (κ2) is 12.6. The van der Waals surface area contributed by atoms with Crippen molar-refractivity contribution >= 4 is 23.0 Å². The second-order valence-corrected chi connectivity index (χ2v) is 13.0. The molecule has 16 nitrogen and oxygen atoms in total. The fourth-order valence-corrected chi connectivity index (χ4v) is 7.35. The van der Waals surface area contributed by atoms with E-state index >= 15 is 0 Å². The summed E-state index contributed by atoms with van der Waals surface area (Å²) >= 11 is 0. The van der Waals surface area contributed by atoms with Gasteiger partial charge in [-0.15, -0.1) is 0 Å². The Bertz CT molecular complexity index is 2010. The Morgan fingerprint density at radius 3 is 2.49 bits per heavy atom. The lowest BCUT2D eigenvalue weighted by atomic mass is 9.72. The Morgan fingerprint density at radius 1 is 1.10 bits per heavy atom. The number of carbonyl (C=O) groups is 3. The molecule has 268 valence electrons. The maximum Gasteiger partial charge on any atom is 0.277 e. The molecule has 2 aliphatic heterocycles. The van der Waals surface area contributed by atoms with Crippen LogP contribution < -0.4 is 19.5 Å². The van der Waals surface area contributed by atoms with Gasteiger partial charge in [-0.25, -0.2) is 0 Å². The van der Waals surface area contributed by atoms with Crippen LogP contribution in [0.3, 0.4) is 0 Å². The number of nitro groups is 1. The van der Waals surface area contributed by atoms with E-state index < -0.39 is 94.0 Å². The molecule has 51 heavy (non-hydrogen) atoms. The standard InChI is InChI=1S/C35H34N2O14/c1-14-30(39)19(36-12-16-7-22-23(49-13-48-22)9-20(16)37(45)46)8-25(50-14)51-24-11-35(44,15(2)38)10-18-27(24)34(43)29-28(32(18)41)31(40)17-5-4-6-21(47-3)26(17)33(29)42/h4-7,9,14,19,24-25,30,36,39,41,43-44H,8,10-13H2,1-3H3/t14-,19-,24-,25-,30+,35-/m0/s1. The first-order valence-electron chi connectivity index (χ1n) is 16.1. The molecule has 3 aromatic carbocycles. The molecule has 2 aliphatic carbocycles. The maximum atomic E-state index is 13.9. The van der Waals surface area contributed by atoms with Gasteiger partial charge < -0.3 is 49.4 Å². The Balaban J connectivity index is 1.22. The smallest absolute Gasteiger partial charge is 0.277 e. The van der Waals surface area contributed by atoms with Crippen molar-refractivity contribution in [3.05, 3.63) is 79.4 Å². The number of aliphatic hydroxyl groups is 2. The van der Waals surface area contributed by atoms with Crippen LogP contribution in [0.1, 0.15) is 81.3 Å². The first kappa shape index (κ1) is 34.3. The summed E-state index contributed by atoms with van der Waals surface area (Å²) in [5, 5.41) is 60.7. The number of phenols is 2. The van der Waals surface area contributed by atoms with Gasteiger partial charge in [0.25, 0.3) is 5.69 Å². The minimum Gasteiger partial charge on any atom is -0.507 e. The van der Waals surface area contributed by atoms with Gasteiger partial charge in [-0.3, -0.25) is 24.5 Å². The van der Waals surface area contributed by atoms with Crippen molar-refractivity contribution < 1.29 is 63.4 Å². The van der Waals surface area contributed by atoms with Crippen LogP contribution >= 0.6 is 0 Å². The van der Waals surface area contributed by atoms with E-state index in [-0.39, 0.29) is 64.8 Å². The quantitative estimate of drug-likeness (QED) is 0.101. The van der Waals surface area contributed by atoms with Crippen LogP contribution in [0.25, 0.3) is 0 Å². The van der Waals surface area contributed by atoms with Gasteiger partial charge in [0.2, 0.25) is 12.6 Å². The summed E-state index contributed by atoms with van der Waals surface area (Å²) in [5.74, 6) is -2.92. The highest BCUT2D eigenvalue weighted by atomic mass is 16.7. The van der Waals surface area contributed by atoms with E-state index in [9.17, 15) is 44.9 Å². The van der Waals surface area contributed by atoms with Gasteiger partial charge in [0.15, 0.2) is 29.4 Å². The molecular weight excluding hydrogens is 672 g/mol. The van der Waals surface area contributed by atoms with Gasteiger partial charge in [-0.1, -0.05) is 12.1 Å². The predicted molar refractivity (Wildman–Crippen MR) is 172 cm³/mol. The molecule has 0 amide bonds. The average molecular weight is 707 g/mol. The lowest BCUT2D eigenvalue weighted by molar-refractivity contribution is -0.385. The lowest BCUT2D eigenvalue weighted by Gasteiger charge is -2.43. The number of methoxy groups -OCH3 is 1. The third-order valence-corrected chi connectivity index (χ3v) is 10.1. The van der Waals surface area contributed by atoms with Crippen molar-refractivity contribution in [3.63, 3.8) is 0 Å². The van der Waals surface area contributed by atoms with E-state index in [1.165, 1.54) is 37.4 Å². The number of fused-ring (bicyclic) bond motifs is 4. The third kappa shape index (κ3) is 5.55. The van der Waals surface area contributed by atoms with Gasteiger partial charge >= 0.3 is 0 Å². The maximum absolute atomic E-state index is 13.9. The molecule has 4 aliphatic rings. The van der Waals surface area contributed by atoms with E-state index in [1.807, 2.05) is 0 Å². The molecule has 0 unspecified atom stereocenters. The summed E-state index contributed by atoms with van der Waals surface area (Å²) in [6.45, 7) is 2.59. The van der Waals surface area contributed by atoms with Crippen molar-refractivity contribution in [2.75, 3.05) is 13.9 Å². The number of benzene rings is 3. The van der Waals surface area contributed by atoms with Crippen molar-refractivity contribution in [1.29, 1.82) is 0 Å². The van der Waals surface area contributed by atoms with Crippen LogP contribution in [0.4, 0.5) is 5.69 Å². The van der Waals surface area contributed by atoms with E-state index in [0.717, 1.165) is 6.92 Å². The third-order valence-electron chi connectivity index (χ3n) is 10.1. The zero-order valence-corrected chi connectivity index (χ0v) is 27.6. The fraction of sp³-hybridized carbons (Fsp3) is 0.400. The van der Waals surface area contributed by atoms with Crippen LogP contribution in [-0.4, -0.2) is 86.7 Å². The van der Waals surface area contributed by atoms with Crippen molar-refractivity contribution in [1.82, 2.24) is 5.32 Å². The molecule has 6 atom stereocenters. The highest BCUT2D eigenvalue weighted by Gasteiger charge is 2.49. The number of ketones is 3. The minimum absolute atomic E-state index is 0.0478. The molecule has 0 spiro atoms. The largest absolute Gasteiger partial charge is 0.507 e. The Labute approximate surface area is 289 Å². The van der Waals surface area contributed by atoms with Crippen LogP contribution in [-0.2, 0) is 27.2 Å². The highest BCUT2D eigenvalue weighted by Crippen LogP contribution is 2.52. The predicted octanol–water partition coefficient (Wildman–Crippen LogP) is 2.50. The van der Waals surface area contributed by atoms with Crippen LogP contribution in [0.15, 0.2) is 30.3 Å². The first-order valence-corrected chi connectivity index (χ1v) is 16.1. The molecule has 5 N–H and O–H groups in total. The number of nitro benzene ring substituents is 1. The first-order chi connectivity index (χ1) is 24.2. The van der Waals surface area contributed by atoms with Crippen LogP contribution in [0.2, 0.25) is 0 Å². The number of aromatic hydroxyl groups is 2. The zero-order chi connectivity index (χ0) is 36.5. The van der Waals surface area contributed by atoms with Gasteiger partial charge in [0.1, 0.15) is 22.8 Å². The minimum atomic E-state index is -2.10. The Kier molecular flexibility index (Phi) is 8.46. The molecule has 1 fully saturated rings. The highest BCUT2D eigenvalue weighted by molar-refractivity contribution is 6.31. The summed E-state index contributed by atoms with van der Waals surface area (Å²) < 4.78 is 28.2. The number of ether oxygens (including phenoxy) is 5. The molecule has 0 radical (unpaired) electrons. The lowest BCUT2D eigenvalue weighted by Crippen LogP contribution is -2.54. The normalized spacial score (nSPS) is 26.3. The van der Waals surface area contributed by atoms with E-state index in [2.05, 4.69) is 5.32 Å². The summed E-state index contributed by atoms with van der Waals surface area (Å²) in [7, 11) is 1.32. The summed E-state index contributed by atoms with van der Waals surface area (Å²) in [5.41, 5.74) is -3.43. The molecule has 0 saturated carbocycles. The van der Waals surface area contributed by atoms with E-state index in [1.54, 1.807) is 6.92 Å². The van der Waals surface area contributed by atoms with Gasteiger partial charge in [0, 0.05) is 54.1 Å². The number of carbonyl (C=O) groups excluding carboxylic acids is 3. The number of rotatable bonds is 8. The molecule has 2 heterocycles. The molecule has 0 aromatic heterocycles. The molecule has 1 saturated heterocycles. The van der Waals surface area contributed by atoms with Crippen LogP contribution in [0.5, 0.6) is 28.7 Å². The molecule has 0 bridgehead atoms. The molecule has 3 aromatic rings. The van der Waals surface area contributed by atoms with Gasteiger partial charge in [-0.05, 0) is 26.0 Å². The van der Waals surface area contributed by atoms with E-state index in [0.29, 0.717) is 5.75 Å². The molecule has 16 heteroatoms. The number of hydrogen-bond acceptors (Lipinski definition) is 15. The summed E-state index contributed by atoms with van der Waals surface area (Å²) in [6.07, 6.45) is -5.42. The molecular formula is C35H34N2O14. The van der Waals surface area contributed by atoms with Crippen molar-refractivity contribution in [3.8, 4) is 28.7 Å². The topological polar surface area (TPSA) is 233 Å². The molecule has 7 rings (SSSR count).